The van der Waals surface area contributed by atoms with Gasteiger partial charge in [0.2, 0.25) is 0 Å². The number of likely N-dealkylation sites (tertiary alicyclic amines) is 1. The van der Waals surface area contributed by atoms with Crippen LogP contribution in [0.3, 0.4) is 0 Å². The molecule has 0 spiro atoms. The second kappa shape index (κ2) is 3.21. The van der Waals surface area contributed by atoms with Crippen LogP contribution in [0, 0.1) is 11.3 Å². The summed E-state index contributed by atoms with van der Waals surface area (Å²) in [6.45, 7) is 3.61. The Kier molecular flexibility index (Phi) is 2.10. The molecule has 2 nitrogen and oxygen atoms in total. The minimum Gasteiger partial charge on any atom is -0.330 e. The summed E-state index contributed by atoms with van der Waals surface area (Å²) in [6, 6.07) is 0.934. The first kappa shape index (κ1) is 9.17. The third-order valence-electron chi connectivity index (χ3n) is 4.91. The first-order valence-electron chi connectivity index (χ1n) is 6.25. The van der Waals surface area contributed by atoms with Gasteiger partial charge in [-0.2, -0.15) is 0 Å². The molecule has 0 aromatic rings. The molecule has 2 atom stereocenters. The summed E-state index contributed by atoms with van der Waals surface area (Å²) >= 11 is 0. The Morgan fingerprint density at radius 1 is 1.29 bits per heavy atom. The molecule has 1 heterocycles. The molecule has 0 aromatic heterocycles. The van der Waals surface area contributed by atoms with Gasteiger partial charge < -0.3 is 5.73 Å². The van der Waals surface area contributed by atoms with Crippen LogP contribution in [0.5, 0.6) is 0 Å². The molecule has 2 bridgehead atoms. The van der Waals surface area contributed by atoms with Crippen molar-refractivity contribution in [3.05, 3.63) is 0 Å². The second-order valence-corrected chi connectivity index (χ2v) is 5.82. The molecular formula is C12H22N2. The summed E-state index contributed by atoms with van der Waals surface area (Å²) in [6.07, 6.45) is 8.64. The van der Waals surface area contributed by atoms with E-state index in [1.54, 1.807) is 0 Å². The van der Waals surface area contributed by atoms with Gasteiger partial charge in [0.25, 0.3) is 0 Å². The maximum Gasteiger partial charge on any atom is 0.00988 e. The highest BCUT2D eigenvalue weighted by Crippen LogP contribution is 2.45. The Hall–Kier alpha value is -0.0800. The van der Waals surface area contributed by atoms with Gasteiger partial charge in [-0.15, -0.1) is 0 Å². The Bertz CT molecular complexity index is 217. The summed E-state index contributed by atoms with van der Waals surface area (Å²) in [5, 5.41) is 0. The number of piperidine rings is 1. The van der Waals surface area contributed by atoms with Gasteiger partial charge in [-0.25, -0.2) is 0 Å². The van der Waals surface area contributed by atoms with Gasteiger partial charge in [-0.05, 0) is 50.0 Å². The molecule has 0 radical (unpaired) electrons. The maximum absolute atomic E-state index is 5.92. The van der Waals surface area contributed by atoms with Crippen molar-refractivity contribution >= 4 is 0 Å². The Labute approximate surface area is 86.8 Å². The molecule has 2 unspecified atom stereocenters. The van der Waals surface area contributed by atoms with Crippen molar-refractivity contribution in [3.8, 4) is 0 Å². The van der Waals surface area contributed by atoms with E-state index in [0.29, 0.717) is 5.41 Å². The zero-order chi connectivity index (χ0) is 9.60. The van der Waals surface area contributed by atoms with Crippen LogP contribution < -0.4 is 5.73 Å². The minimum atomic E-state index is 0.532. The summed E-state index contributed by atoms with van der Waals surface area (Å²) < 4.78 is 0. The van der Waals surface area contributed by atoms with E-state index in [0.717, 1.165) is 18.5 Å². The highest BCUT2D eigenvalue weighted by atomic mass is 15.2. The van der Waals surface area contributed by atoms with Crippen LogP contribution in [0.4, 0.5) is 0 Å². The molecule has 80 valence electrons. The molecule has 0 aromatic carbocycles. The molecule has 1 aliphatic heterocycles. The SMILES string of the molecule is NCC1(CN2CC3CCC2C3)CCC1. The summed E-state index contributed by atoms with van der Waals surface area (Å²) in [7, 11) is 0. The molecule has 14 heavy (non-hydrogen) atoms. The third-order valence-corrected chi connectivity index (χ3v) is 4.91. The van der Waals surface area contributed by atoms with Crippen molar-refractivity contribution < 1.29 is 0 Å². The molecule has 0 amide bonds. The second-order valence-electron chi connectivity index (χ2n) is 5.82. The Morgan fingerprint density at radius 2 is 2.14 bits per heavy atom. The molecule has 3 aliphatic rings. The largest absolute Gasteiger partial charge is 0.330 e. The Balaban J connectivity index is 1.62. The summed E-state index contributed by atoms with van der Waals surface area (Å²) in [5.74, 6) is 1.04. The lowest BCUT2D eigenvalue weighted by Crippen LogP contribution is -2.49. The topological polar surface area (TPSA) is 29.3 Å². The average Bonchev–Trinajstić information content (AvgIpc) is 2.72. The van der Waals surface area contributed by atoms with Gasteiger partial charge in [0, 0.05) is 19.1 Å². The molecule has 3 rings (SSSR count). The third kappa shape index (κ3) is 1.31. The summed E-state index contributed by atoms with van der Waals surface area (Å²) in [4.78, 5) is 2.75. The maximum atomic E-state index is 5.92. The summed E-state index contributed by atoms with van der Waals surface area (Å²) in [5.41, 5.74) is 6.45. The van der Waals surface area contributed by atoms with Gasteiger partial charge in [-0.1, -0.05) is 6.42 Å². The van der Waals surface area contributed by atoms with Crippen molar-refractivity contribution in [1.29, 1.82) is 0 Å². The van der Waals surface area contributed by atoms with Gasteiger partial charge >= 0.3 is 0 Å². The van der Waals surface area contributed by atoms with E-state index in [-0.39, 0.29) is 0 Å². The molecular weight excluding hydrogens is 172 g/mol. The van der Waals surface area contributed by atoms with Crippen LogP contribution in [0.25, 0.3) is 0 Å². The molecule has 1 saturated heterocycles. The van der Waals surface area contributed by atoms with Crippen LogP contribution in [-0.2, 0) is 0 Å². The smallest absolute Gasteiger partial charge is 0.00988 e. The normalized spacial score (nSPS) is 40.1. The molecule has 2 saturated carbocycles. The van der Waals surface area contributed by atoms with Crippen LogP contribution in [0.15, 0.2) is 0 Å². The number of rotatable bonds is 3. The molecule has 2 aliphatic carbocycles. The van der Waals surface area contributed by atoms with E-state index in [1.165, 1.54) is 51.6 Å². The first-order chi connectivity index (χ1) is 6.81. The predicted octanol–water partition coefficient (Wildman–Crippen LogP) is 1.60. The minimum absolute atomic E-state index is 0.532. The van der Waals surface area contributed by atoms with Gasteiger partial charge in [-0.3, -0.25) is 4.90 Å². The van der Waals surface area contributed by atoms with E-state index < -0.39 is 0 Å². The molecule has 2 heteroatoms. The van der Waals surface area contributed by atoms with Gasteiger partial charge in [0.1, 0.15) is 0 Å². The zero-order valence-electron chi connectivity index (χ0n) is 9.04. The fourth-order valence-electron chi connectivity index (χ4n) is 3.75. The fourth-order valence-corrected chi connectivity index (χ4v) is 3.75. The van der Waals surface area contributed by atoms with Gasteiger partial charge in [0.05, 0.1) is 0 Å². The van der Waals surface area contributed by atoms with E-state index in [4.69, 9.17) is 5.73 Å². The van der Waals surface area contributed by atoms with Gasteiger partial charge in [0.15, 0.2) is 0 Å². The fraction of sp³-hybridized carbons (Fsp3) is 1.00. The van der Waals surface area contributed by atoms with Crippen LogP contribution in [0.2, 0.25) is 0 Å². The van der Waals surface area contributed by atoms with Crippen LogP contribution in [-0.4, -0.2) is 30.6 Å². The quantitative estimate of drug-likeness (QED) is 0.739. The lowest BCUT2D eigenvalue weighted by molar-refractivity contribution is 0.0586. The van der Waals surface area contributed by atoms with E-state index in [1.807, 2.05) is 0 Å². The number of hydrogen-bond donors (Lipinski definition) is 1. The van der Waals surface area contributed by atoms with Crippen molar-refractivity contribution in [1.82, 2.24) is 4.90 Å². The van der Waals surface area contributed by atoms with Crippen molar-refractivity contribution in [2.24, 2.45) is 17.1 Å². The first-order valence-corrected chi connectivity index (χ1v) is 6.25. The highest BCUT2D eigenvalue weighted by Gasteiger charge is 2.43. The average molecular weight is 194 g/mol. The highest BCUT2D eigenvalue weighted by molar-refractivity contribution is 4.98. The molecule has 3 fully saturated rings. The van der Waals surface area contributed by atoms with Crippen molar-refractivity contribution in [3.63, 3.8) is 0 Å². The monoisotopic (exact) mass is 194 g/mol. The van der Waals surface area contributed by atoms with Crippen LogP contribution >= 0.6 is 0 Å². The number of nitrogens with zero attached hydrogens (tertiary/aromatic N) is 1. The predicted molar refractivity (Wildman–Crippen MR) is 58.0 cm³/mol. The molecule has 2 N–H and O–H groups in total. The zero-order valence-corrected chi connectivity index (χ0v) is 9.04. The van der Waals surface area contributed by atoms with Crippen molar-refractivity contribution in [2.75, 3.05) is 19.6 Å². The Morgan fingerprint density at radius 3 is 2.57 bits per heavy atom. The standard InChI is InChI=1S/C12H22N2/c13-8-12(4-1-5-12)9-14-7-10-2-3-11(14)6-10/h10-11H,1-9,13H2. The van der Waals surface area contributed by atoms with Crippen molar-refractivity contribution in [2.45, 2.75) is 44.6 Å². The van der Waals surface area contributed by atoms with Crippen LogP contribution in [0.1, 0.15) is 38.5 Å². The van der Waals surface area contributed by atoms with E-state index >= 15 is 0 Å². The van der Waals surface area contributed by atoms with E-state index in [2.05, 4.69) is 4.90 Å². The lowest BCUT2D eigenvalue weighted by atomic mass is 9.68. The lowest BCUT2D eigenvalue weighted by Gasteiger charge is -2.45. The number of hydrogen-bond acceptors (Lipinski definition) is 2. The number of nitrogens with two attached hydrogens (primary N) is 1. The van der Waals surface area contributed by atoms with E-state index in [9.17, 15) is 0 Å². The number of fused-ring (bicyclic) bond motifs is 2.